The van der Waals surface area contributed by atoms with Gasteiger partial charge in [0.15, 0.2) is 0 Å². The third-order valence-electron chi connectivity index (χ3n) is 5.98. The average Bonchev–Trinajstić information content (AvgIpc) is 3.09. The average molecular weight is 418 g/mol. The van der Waals surface area contributed by atoms with Gasteiger partial charge >= 0.3 is 17.9 Å². The fraction of sp³-hybridized carbons (Fsp3) is 0.500. The van der Waals surface area contributed by atoms with Crippen molar-refractivity contribution in [3.05, 3.63) is 47.6 Å². The third kappa shape index (κ3) is 3.85. The second-order valence-electron chi connectivity index (χ2n) is 7.83. The summed E-state index contributed by atoms with van der Waals surface area (Å²) in [5.74, 6) is -3.02. The van der Waals surface area contributed by atoms with Gasteiger partial charge in [0.1, 0.15) is 18.3 Å². The van der Waals surface area contributed by atoms with Crippen LogP contribution in [0.25, 0.3) is 0 Å². The maximum atomic E-state index is 12.5. The molecule has 0 aromatic carbocycles. The minimum absolute atomic E-state index is 0.0891. The van der Waals surface area contributed by atoms with E-state index in [1.54, 1.807) is 0 Å². The van der Waals surface area contributed by atoms with Gasteiger partial charge < -0.3 is 24.4 Å². The molecule has 1 saturated carbocycles. The molecule has 3 rings (SSSR count). The second kappa shape index (κ2) is 8.57. The zero-order valence-electron chi connectivity index (χ0n) is 17.0. The van der Waals surface area contributed by atoms with Crippen LogP contribution in [-0.4, -0.2) is 59.6 Å². The smallest absolute Gasteiger partial charge is 0.336 e. The van der Waals surface area contributed by atoms with Crippen molar-refractivity contribution in [1.82, 2.24) is 0 Å². The fourth-order valence-electron chi connectivity index (χ4n) is 4.72. The van der Waals surface area contributed by atoms with Crippen molar-refractivity contribution in [2.24, 2.45) is 17.8 Å². The Labute approximate surface area is 174 Å². The molecule has 1 heterocycles. The number of carbonyl (C=O) groups is 3. The first-order valence-corrected chi connectivity index (χ1v) is 9.74. The molecule has 8 heteroatoms. The van der Waals surface area contributed by atoms with E-state index in [1.165, 1.54) is 6.92 Å². The Morgan fingerprint density at radius 3 is 2.53 bits per heavy atom. The van der Waals surface area contributed by atoms with Crippen molar-refractivity contribution < 1.29 is 38.8 Å². The highest BCUT2D eigenvalue weighted by Crippen LogP contribution is 2.51. The van der Waals surface area contributed by atoms with Gasteiger partial charge in [-0.2, -0.15) is 0 Å². The van der Waals surface area contributed by atoms with Gasteiger partial charge in [-0.25, -0.2) is 9.59 Å². The number of carbonyl (C=O) groups excluding carboxylic acids is 3. The van der Waals surface area contributed by atoms with Crippen LogP contribution in [0.3, 0.4) is 0 Å². The minimum atomic E-state index is -0.807. The van der Waals surface area contributed by atoms with Crippen LogP contribution in [-0.2, 0) is 28.6 Å². The molecular weight excluding hydrogens is 392 g/mol. The van der Waals surface area contributed by atoms with Gasteiger partial charge in [0, 0.05) is 30.8 Å². The Kier molecular flexibility index (Phi) is 6.28. The molecule has 0 radical (unpaired) electrons. The van der Waals surface area contributed by atoms with E-state index in [-0.39, 0.29) is 29.4 Å². The van der Waals surface area contributed by atoms with Crippen molar-refractivity contribution in [1.29, 1.82) is 0 Å². The zero-order valence-corrected chi connectivity index (χ0v) is 17.0. The summed E-state index contributed by atoms with van der Waals surface area (Å²) in [4.78, 5) is 36.4. The van der Waals surface area contributed by atoms with E-state index < -0.39 is 55.4 Å². The molecular formula is C22H26O8. The van der Waals surface area contributed by atoms with Crippen LogP contribution in [0.5, 0.6) is 0 Å². The Morgan fingerprint density at radius 1 is 1.23 bits per heavy atom. The highest BCUT2D eigenvalue weighted by molar-refractivity contribution is 5.92. The summed E-state index contributed by atoms with van der Waals surface area (Å²) in [5, 5.41) is 18.4. The SMILES string of the molecule is C=C1C(=O)OC2C1C(OC(=O)C(=CCO)CO)CC(=C)C1C(OC(C)=O)C=C(C)C21. The van der Waals surface area contributed by atoms with E-state index in [0.717, 1.165) is 11.6 Å². The lowest BCUT2D eigenvalue weighted by molar-refractivity contribution is -0.150. The Morgan fingerprint density at radius 2 is 1.93 bits per heavy atom. The molecule has 1 saturated heterocycles. The van der Waals surface area contributed by atoms with Gasteiger partial charge in [-0.1, -0.05) is 24.3 Å². The van der Waals surface area contributed by atoms with E-state index in [0.29, 0.717) is 5.57 Å². The molecule has 2 fully saturated rings. The Bertz CT molecular complexity index is 851. The largest absolute Gasteiger partial charge is 0.458 e. The van der Waals surface area contributed by atoms with Gasteiger partial charge in [0.2, 0.25) is 0 Å². The molecule has 0 spiro atoms. The molecule has 1 aliphatic heterocycles. The molecule has 8 nitrogen and oxygen atoms in total. The number of esters is 3. The van der Waals surface area contributed by atoms with Crippen LogP contribution in [0.2, 0.25) is 0 Å². The first-order valence-electron chi connectivity index (χ1n) is 9.74. The summed E-state index contributed by atoms with van der Waals surface area (Å²) in [6.07, 6.45) is 1.20. The topological polar surface area (TPSA) is 119 Å². The van der Waals surface area contributed by atoms with Crippen LogP contribution in [0, 0.1) is 17.8 Å². The van der Waals surface area contributed by atoms with E-state index in [1.807, 2.05) is 13.0 Å². The van der Waals surface area contributed by atoms with Crippen molar-refractivity contribution in [2.45, 2.75) is 38.6 Å². The van der Waals surface area contributed by atoms with E-state index in [2.05, 4.69) is 13.2 Å². The fourth-order valence-corrected chi connectivity index (χ4v) is 4.72. The highest BCUT2D eigenvalue weighted by atomic mass is 16.6. The predicted molar refractivity (Wildman–Crippen MR) is 105 cm³/mol. The van der Waals surface area contributed by atoms with Crippen molar-refractivity contribution in [3.63, 3.8) is 0 Å². The summed E-state index contributed by atoms with van der Waals surface area (Å²) in [5.41, 5.74) is 1.71. The summed E-state index contributed by atoms with van der Waals surface area (Å²) in [7, 11) is 0. The van der Waals surface area contributed by atoms with Gasteiger partial charge in [-0.15, -0.1) is 0 Å². The molecule has 0 aromatic heterocycles. The molecule has 2 aliphatic carbocycles. The lowest BCUT2D eigenvalue weighted by atomic mass is 9.79. The molecule has 3 aliphatic rings. The van der Waals surface area contributed by atoms with Crippen molar-refractivity contribution in [3.8, 4) is 0 Å². The molecule has 2 N–H and O–H groups in total. The number of rotatable bonds is 5. The molecule has 0 bridgehead atoms. The summed E-state index contributed by atoms with van der Waals surface area (Å²) in [6, 6.07) is 0. The third-order valence-corrected chi connectivity index (χ3v) is 5.98. The number of ether oxygens (including phenoxy) is 3. The lowest BCUT2D eigenvalue weighted by Crippen LogP contribution is -2.37. The van der Waals surface area contributed by atoms with Crippen LogP contribution in [0.1, 0.15) is 20.3 Å². The monoisotopic (exact) mass is 418 g/mol. The molecule has 6 atom stereocenters. The van der Waals surface area contributed by atoms with E-state index >= 15 is 0 Å². The quantitative estimate of drug-likeness (QED) is 0.294. The minimum Gasteiger partial charge on any atom is -0.458 e. The summed E-state index contributed by atoms with van der Waals surface area (Å²) in [6.45, 7) is 10.2. The normalized spacial score (nSPS) is 33.3. The van der Waals surface area contributed by atoms with Crippen LogP contribution in [0.4, 0.5) is 0 Å². The number of aliphatic hydroxyl groups is 2. The number of hydrogen-bond donors (Lipinski definition) is 2. The lowest BCUT2D eigenvalue weighted by Gasteiger charge is -2.30. The van der Waals surface area contributed by atoms with Crippen LogP contribution in [0.15, 0.2) is 47.6 Å². The number of hydrogen-bond acceptors (Lipinski definition) is 8. The van der Waals surface area contributed by atoms with Gasteiger partial charge in [-0.3, -0.25) is 4.79 Å². The first-order chi connectivity index (χ1) is 14.2. The molecule has 162 valence electrons. The maximum Gasteiger partial charge on any atom is 0.336 e. The van der Waals surface area contributed by atoms with Gasteiger partial charge in [0.25, 0.3) is 0 Å². The molecule has 0 amide bonds. The Hall–Kier alpha value is -2.71. The highest BCUT2D eigenvalue weighted by Gasteiger charge is 2.57. The standard InChI is InChI=1S/C22H26O8/c1-10-7-16(29-22(27)14(9-24)5-6-23)19-12(3)21(26)30-20(19)18-11(2)8-15(17(10)18)28-13(4)25/h5,8,15-20,23-24H,1,3,6-7,9H2,2,4H3. The summed E-state index contributed by atoms with van der Waals surface area (Å²) >= 11 is 0. The number of aliphatic hydroxyl groups excluding tert-OH is 2. The zero-order chi connectivity index (χ0) is 22.2. The predicted octanol–water partition coefficient (Wildman–Crippen LogP) is 0.991. The van der Waals surface area contributed by atoms with Gasteiger partial charge in [0.05, 0.1) is 24.7 Å². The van der Waals surface area contributed by atoms with Crippen molar-refractivity contribution >= 4 is 17.9 Å². The van der Waals surface area contributed by atoms with Gasteiger partial charge in [-0.05, 0) is 19.1 Å². The maximum absolute atomic E-state index is 12.5. The summed E-state index contributed by atoms with van der Waals surface area (Å²) < 4.78 is 16.7. The first kappa shape index (κ1) is 22.0. The molecule has 6 unspecified atom stereocenters. The van der Waals surface area contributed by atoms with Crippen LogP contribution >= 0.6 is 0 Å². The molecule has 30 heavy (non-hydrogen) atoms. The van der Waals surface area contributed by atoms with Crippen molar-refractivity contribution in [2.75, 3.05) is 13.2 Å². The molecule has 0 aromatic rings. The Balaban J connectivity index is 1.97. The number of fused-ring (bicyclic) bond motifs is 3. The van der Waals surface area contributed by atoms with E-state index in [4.69, 9.17) is 19.3 Å². The second-order valence-corrected chi connectivity index (χ2v) is 7.83. The van der Waals surface area contributed by atoms with E-state index in [9.17, 15) is 19.5 Å². The van der Waals surface area contributed by atoms with Crippen LogP contribution < -0.4 is 0 Å².